The molecule has 2 amide bonds. The topological polar surface area (TPSA) is 49.4 Å². The van der Waals surface area contributed by atoms with Gasteiger partial charge < -0.3 is 10.2 Å². The highest BCUT2D eigenvalue weighted by Crippen LogP contribution is 2.23. The number of rotatable bonds is 6. The number of hydrogen-bond donors (Lipinski definition) is 1. The van der Waals surface area contributed by atoms with Gasteiger partial charge in [-0.1, -0.05) is 29.8 Å². The van der Waals surface area contributed by atoms with Gasteiger partial charge in [-0.25, -0.2) is 4.39 Å². The molecule has 6 heteroatoms. The Balaban J connectivity index is 1.96. The van der Waals surface area contributed by atoms with Crippen molar-refractivity contribution in [2.75, 3.05) is 18.0 Å². The first kappa shape index (κ1) is 18.9. The van der Waals surface area contributed by atoms with Crippen molar-refractivity contribution in [3.8, 4) is 0 Å². The van der Waals surface area contributed by atoms with E-state index in [1.807, 2.05) is 6.92 Å². The lowest BCUT2D eigenvalue weighted by atomic mass is 10.1. The van der Waals surface area contributed by atoms with Gasteiger partial charge in [0.2, 0.25) is 11.8 Å². The first-order valence-corrected chi connectivity index (χ1v) is 8.30. The Kier molecular flexibility index (Phi) is 6.53. The zero-order valence-electron chi connectivity index (χ0n) is 14.2. The van der Waals surface area contributed by atoms with E-state index in [0.29, 0.717) is 29.2 Å². The van der Waals surface area contributed by atoms with Crippen molar-refractivity contribution in [2.45, 2.75) is 20.3 Å². The van der Waals surface area contributed by atoms with E-state index in [0.717, 1.165) is 5.56 Å². The fourth-order valence-electron chi connectivity index (χ4n) is 2.53. The molecular weight excluding hydrogens is 343 g/mol. The van der Waals surface area contributed by atoms with Crippen LogP contribution in [0.2, 0.25) is 5.02 Å². The average molecular weight is 363 g/mol. The third kappa shape index (κ3) is 5.29. The number of carbonyl (C=O) groups excluding carboxylic acids is 2. The summed E-state index contributed by atoms with van der Waals surface area (Å²) in [6, 6.07) is 11.6. The summed E-state index contributed by atoms with van der Waals surface area (Å²) in [5.74, 6) is -0.838. The molecule has 0 bridgehead atoms. The molecule has 0 aliphatic rings. The second-order valence-corrected chi connectivity index (χ2v) is 6.16. The summed E-state index contributed by atoms with van der Waals surface area (Å²) in [5, 5.41) is 3.29. The summed E-state index contributed by atoms with van der Waals surface area (Å²) in [6.45, 7) is 3.42. The summed E-state index contributed by atoms with van der Waals surface area (Å²) in [6.07, 6.45) is 0.387. The molecule has 4 nitrogen and oxygen atoms in total. The molecule has 25 heavy (non-hydrogen) atoms. The maximum Gasteiger partial charge on any atom is 0.240 e. The monoisotopic (exact) mass is 362 g/mol. The van der Waals surface area contributed by atoms with Crippen molar-refractivity contribution in [1.82, 2.24) is 5.32 Å². The molecule has 2 aromatic rings. The number of hydrogen-bond acceptors (Lipinski definition) is 2. The normalized spacial score (nSPS) is 10.4. The van der Waals surface area contributed by atoms with Crippen LogP contribution < -0.4 is 10.2 Å². The minimum Gasteiger partial charge on any atom is -0.354 e. The fourth-order valence-corrected chi connectivity index (χ4v) is 2.75. The average Bonchev–Trinajstić information content (AvgIpc) is 2.55. The van der Waals surface area contributed by atoms with Gasteiger partial charge >= 0.3 is 0 Å². The van der Waals surface area contributed by atoms with Crippen LogP contribution in [0.3, 0.4) is 0 Å². The molecule has 132 valence electrons. The van der Waals surface area contributed by atoms with E-state index < -0.39 is 0 Å². The summed E-state index contributed by atoms with van der Waals surface area (Å²) in [4.78, 5) is 25.5. The molecular formula is C19H20ClFN2O2. The van der Waals surface area contributed by atoms with E-state index in [2.05, 4.69) is 5.32 Å². The van der Waals surface area contributed by atoms with Gasteiger partial charge in [-0.05, 0) is 48.7 Å². The Hall–Kier alpha value is -2.40. The van der Waals surface area contributed by atoms with Crippen molar-refractivity contribution in [1.29, 1.82) is 0 Å². The number of aryl methyl sites for hydroxylation is 1. The van der Waals surface area contributed by atoms with Crippen LogP contribution in [-0.2, 0) is 16.0 Å². The lowest BCUT2D eigenvalue weighted by Crippen LogP contribution is -2.40. The van der Waals surface area contributed by atoms with E-state index >= 15 is 0 Å². The van der Waals surface area contributed by atoms with Crippen LogP contribution in [0.4, 0.5) is 10.1 Å². The second kappa shape index (κ2) is 8.62. The molecule has 0 aromatic heterocycles. The minimum atomic E-state index is -0.305. The summed E-state index contributed by atoms with van der Waals surface area (Å²) in [7, 11) is 0. The molecule has 1 N–H and O–H groups in total. The van der Waals surface area contributed by atoms with Crippen LogP contribution in [-0.4, -0.2) is 24.9 Å². The van der Waals surface area contributed by atoms with Crippen molar-refractivity contribution in [2.24, 2.45) is 0 Å². The SMILES string of the molecule is CC(=O)N(CC(=O)NCCc1ccccc1F)c1ccc(Cl)cc1C. The first-order valence-electron chi connectivity index (χ1n) is 7.93. The van der Waals surface area contributed by atoms with Gasteiger partial charge in [0.05, 0.1) is 0 Å². The van der Waals surface area contributed by atoms with Crippen LogP contribution in [0.25, 0.3) is 0 Å². The molecule has 0 heterocycles. The summed E-state index contributed by atoms with van der Waals surface area (Å²) >= 11 is 5.93. The molecule has 0 unspecified atom stereocenters. The standard InChI is InChI=1S/C19H20ClFN2O2/c1-13-11-16(20)7-8-18(13)23(14(2)24)12-19(25)22-10-9-15-5-3-4-6-17(15)21/h3-8,11H,9-10,12H2,1-2H3,(H,22,25). The quantitative estimate of drug-likeness (QED) is 0.855. The van der Waals surface area contributed by atoms with Crippen LogP contribution in [0, 0.1) is 12.7 Å². The minimum absolute atomic E-state index is 0.102. The van der Waals surface area contributed by atoms with Crippen molar-refractivity contribution in [3.63, 3.8) is 0 Å². The first-order chi connectivity index (χ1) is 11.9. The van der Waals surface area contributed by atoms with E-state index in [-0.39, 0.29) is 24.2 Å². The number of carbonyl (C=O) groups is 2. The molecule has 0 aliphatic heterocycles. The number of amides is 2. The van der Waals surface area contributed by atoms with Gasteiger partial charge in [-0.15, -0.1) is 0 Å². The number of halogens is 2. The maximum atomic E-state index is 13.6. The Morgan fingerprint density at radius 1 is 1.20 bits per heavy atom. The van der Waals surface area contributed by atoms with Crippen molar-refractivity contribution < 1.29 is 14.0 Å². The smallest absolute Gasteiger partial charge is 0.240 e. The van der Waals surface area contributed by atoms with Crippen LogP contribution in [0.5, 0.6) is 0 Å². The maximum absolute atomic E-state index is 13.6. The van der Waals surface area contributed by atoms with E-state index in [1.165, 1.54) is 17.9 Å². The molecule has 2 rings (SSSR count). The number of nitrogens with one attached hydrogen (secondary N) is 1. The fraction of sp³-hybridized carbons (Fsp3) is 0.263. The molecule has 0 radical (unpaired) electrons. The number of anilines is 1. The van der Waals surface area contributed by atoms with Gasteiger partial charge in [0, 0.05) is 24.2 Å². The van der Waals surface area contributed by atoms with Gasteiger partial charge in [0.15, 0.2) is 0 Å². The molecule has 0 aliphatic carbocycles. The van der Waals surface area contributed by atoms with Crippen LogP contribution in [0.15, 0.2) is 42.5 Å². The van der Waals surface area contributed by atoms with Gasteiger partial charge in [0.1, 0.15) is 12.4 Å². The number of benzene rings is 2. The summed E-state index contributed by atoms with van der Waals surface area (Å²) < 4.78 is 13.6. The number of nitrogens with zero attached hydrogens (tertiary/aromatic N) is 1. The van der Waals surface area contributed by atoms with Crippen molar-refractivity contribution >= 4 is 29.1 Å². The molecule has 0 atom stereocenters. The van der Waals surface area contributed by atoms with Crippen LogP contribution in [0.1, 0.15) is 18.1 Å². The largest absolute Gasteiger partial charge is 0.354 e. The molecule has 2 aromatic carbocycles. The molecule has 0 spiro atoms. The molecule has 0 saturated heterocycles. The van der Waals surface area contributed by atoms with E-state index in [9.17, 15) is 14.0 Å². The lowest BCUT2D eigenvalue weighted by Gasteiger charge is -2.22. The Labute approximate surface area is 151 Å². The molecule has 0 fully saturated rings. The predicted octanol–water partition coefficient (Wildman–Crippen LogP) is 3.50. The third-order valence-corrected chi connectivity index (χ3v) is 4.04. The zero-order valence-corrected chi connectivity index (χ0v) is 14.9. The van der Waals surface area contributed by atoms with Crippen LogP contribution >= 0.6 is 11.6 Å². The Morgan fingerprint density at radius 3 is 2.56 bits per heavy atom. The molecule has 0 saturated carbocycles. The Bertz CT molecular complexity index is 780. The lowest BCUT2D eigenvalue weighted by molar-refractivity contribution is -0.123. The highest BCUT2D eigenvalue weighted by molar-refractivity contribution is 6.30. The van der Waals surface area contributed by atoms with Gasteiger partial charge in [-0.3, -0.25) is 9.59 Å². The van der Waals surface area contributed by atoms with E-state index in [1.54, 1.807) is 36.4 Å². The van der Waals surface area contributed by atoms with Gasteiger partial charge in [-0.2, -0.15) is 0 Å². The predicted molar refractivity (Wildman–Crippen MR) is 97.3 cm³/mol. The zero-order chi connectivity index (χ0) is 18.4. The highest BCUT2D eigenvalue weighted by atomic mass is 35.5. The van der Waals surface area contributed by atoms with E-state index in [4.69, 9.17) is 11.6 Å². The van der Waals surface area contributed by atoms with Crippen molar-refractivity contribution in [3.05, 3.63) is 64.4 Å². The summed E-state index contributed by atoms with van der Waals surface area (Å²) in [5.41, 5.74) is 1.99. The highest BCUT2D eigenvalue weighted by Gasteiger charge is 2.17. The second-order valence-electron chi connectivity index (χ2n) is 5.73. The van der Waals surface area contributed by atoms with Gasteiger partial charge in [0.25, 0.3) is 0 Å². The Morgan fingerprint density at radius 2 is 1.92 bits per heavy atom. The third-order valence-electron chi connectivity index (χ3n) is 3.81.